The standard InChI is InChI=1S/C12H17N.C2H6/c1-5-9-12(13-10-6-2)11(7-3)8-4;1-2/h5,7-10H,1,3,6H2,2,4H3;1-2H3/b11-8-,12-9+,13-10?;. The van der Waals surface area contributed by atoms with E-state index in [-0.39, 0.29) is 0 Å². The van der Waals surface area contributed by atoms with Crippen molar-refractivity contribution in [3.05, 3.63) is 48.7 Å². The van der Waals surface area contributed by atoms with E-state index in [1.54, 1.807) is 12.2 Å². The molecule has 0 bridgehead atoms. The van der Waals surface area contributed by atoms with E-state index >= 15 is 0 Å². The highest BCUT2D eigenvalue weighted by Crippen LogP contribution is 2.12. The molecule has 0 aliphatic heterocycles. The van der Waals surface area contributed by atoms with Gasteiger partial charge in [0.1, 0.15) is 0 Å². The van der Waals surface area contributed by atoms with Crippen molar-refractivity contribution in [2.75, 3.05) is 0 Å². The Balaban J connectivity index is 0. The molecule has 0 aromatic rings. The van der Waals surface area contributed by atoms with Gasteiger partial charge in [0, 0.05) is 6.21 Å². The van der Waals surface area contributed by atoms with E-state index in [1.807, 2.05) is 39.1 Å². The van der Waals surface area contributed by atoms with Gasteiger partial charge in [-0.15, -0.1) is 0 Å². The summed E-state index contributed by atoms with van der Waals surface area (Å²) in [5, 5.41) is 0. The van der Waals surface area contributed by atoms with E-state index in [2.05, 4.69) is 25.1 Å². The van der Waals surface area contributed by atoms with Gasteiger partial charge in [-0.3, -0.25) is 4.99 Å². The summed E-state index contributed by atoms with van der Waals surface area (Å²) in [5.74, 6) is 0. The number of nitrogens with zero attached hydrogens (tertiary/aromatic N) is 1. The zero-order valence-corrected chi connectivity index (χ0v) is 10.5. The summed E-state index contributed by atoms with van der Waals surface area (Å²) in [4.78, 5) is 4.30. The summed E-state index contributed by atoms with van der Waals surface area (Å²) in [7, 11) is 0. The molecule has 0 aromatic carbocycles. The van der Waals surface area contributed by atoms with Crippen LogP contribution in [0, 0.1) is 0 Å². The lowest BCUT2D eigenvalue weighted by Gasteiger charge is -2.00. The molecule has 0 saturated carbocycles. The first-order chi connectivity index (χ1) is 7.29. The van der Waals surface area contributed by atoms with Crippen molar-refractivity contribution in [1.29, 1.82) is 0 Å². The third-order valence-electron chi connectivity index (χ3n) is 1.52. The molecule has 1 heteroatoms. The van der Waals surface area contributed by atoms with E-state index < -0.39 is 0 Å². The number of allylic oxidation sites excluding steroid dienone is 4. The Morgan fingerprint density at radius 3 is 2.20 bits per heavy atom. The summed E-state index contributed by atoms with van der Waals surface area (Å²) in [6.07, 6.45) is 10.2. The van der Waals surface area contributed by atoms with Crippen LogP contribution in [0.4, 0.5) is 0 Å². The Morgan fingerprint density at radius 1 is 1.27 bits per heavy atom. The predicted molar refractivity (Wildman–Crippen MR) is 72.4 cm³/mol. The molecule has 0 N–H and O–H groups in total. The highest BCUT2D eigenvalue weighted by molar-refractivity contribution is 5.60. The summed E-state index contributed by atoms with van der Waals surface area (Å²) in [6.45, 7) is 15.4. The highest BCUT2D eigenvalue weighted by Gasteiger charge is 1.94. The minimum Gasteiger partial charge on any atom is -0.261 e. The fourth-order valence-electron chi connectivity index (χ4n) is 0.885. The van der Waals surface area contributed by atoms with Crippen molar-refractivity contribution in [3.63, 3.8) is 0 Å². The molecule has 0 aliphatic rings. The molecule has 0 spiro atoms. The van der Waals surface area contributed by atoms with Crippen molar-refractivity contribution < 1.29 is 0 Å². The average molecular weight is 205 g/mol. The van der Waals surface area contributed by atoms with Crippen LogP contribution < -0.4 is 0 Å². The van der Waals surface area contributed by atoms with E-state index in [4.69, 9.17) is 0 Å². The van der Waals surface area contributed by atoms with Gasteiger partial charge in [-0.2, -0.15) is 0 Å². The zero-order valence-electron chi connectivity index (χ0n) is 10.5. The fourth-order valence-corrected chi connectivity index (χ4v) is 0.885. The lowest BCUT2D eigenvalue weighted by atomic mass is 10.1. The molecule has 0 aromatic heterocycles. The first-order valence-electron chi connectivity index (χ1n) is 5.44. The average Bonchev–Trinajstić information content (AvgIpc) is 2.30. The topological polar surface area (TPSA) is 12.4 Å². The molecule has 0 amide bonds. The van der Waals surface area contributed by atoms with Gasteiger partial charge >= 0.3 is 0 Å². The SMILES string of the molecule is C=C/C=C(N=CCC)\C(C=C)=C/C.CC. The second kappa shape index (κ2) is 12.6. The van der Waals surface area contributed by atoms with E-state index in [9.17, 15) is 0 Å². The lowest BCUT2D eigenvalue weighted by Crippen LogP contribution is -1.83. The van der Waals surface area contributed by atoms with Crippen LogP contribution in [0.3, 0.4) is 0 Å². The normalized spacial score (nSPS) is 12.0. The number of aliphatic imine (C=N–C) groups is 1. The summed E-state index contributed by atoms with van der Waals surface area (Å²) in [5.41, 5.74) is 1.94. The summed E-state index contributed by atoms with van der Waals surface area (Å²) < 4.78 is 0. The first kappa shape index (κ1) is 16.1. The van der Waals surface area contributed by atoms with Gasteiger partial charge in [0.15, 0.2) is 0 Å². The van der Waals surface area contributed by atoms with Crippen molar-refractivity contribution in [2.45, 2.75) is 34.1 Å². The highest BCUT2D eigenvalue weighted by atomic mass is 14.7. The van der Waals surface area contributed by atoms with Gasteiger partial charge in [0.05, 0.1) is 5.70 Å². The van der Waals surface area contributed by atoms with Crippen LogP contribution in [0.25, 0.3) is 0 Å². The summed E-state index contributed by atoms with van der Waals surface area (Å²) in [6, 6.07) is 0. The van der Waals surface area contributed by atoms with Crippen molar-refractivity contribution in [3.8, 4) is 0 Å². The third kappa shape index (κ3) is 7.68. The summed E-state index contributed by atoms with van der Waals surface area (Å²) >= 11 is 0. The smallest absolute Gasteiger partial charge is 0.0694 e. The van der Waals surface area contributed by atoms with Gasteiger partial charge in [0.2, 0.25) is 0 Å². The number of hydrogen-bond donors (Lipinski definition) is 0. The lowest BCUT2D eigenvalue weighted by molar-refractivity contribution is 1.27. The van der Waals surface area contributed by atoms with Crippen LogP contribution in [-0.4, -0.2) is 6.21 Å². The van der Waals surface area contributed by atoms with Crippen LogP contribution >= 0.6 is 0 Å². The van der Waals surface area contributed by atoms with Crippen molar-refractivity contribution in [2.24, 2.45) is 4.99 Å². The van der Waals surface area contributed by atoms with Crippen LogP contribution in [0.1, 0.15) is 34.1 Å². The molecule has 0 rings (SSSR count). The molecular weight excluding hydrogens is 182 g/mol. The Bertz CT molecular complexity index is 255. The quantitative estimate of drug-likeness (QED) is 0.456. The first-order valence-corrected chi connectivity index (χ1v) is 5.44. The monoisotopic (exact) mass is 205 g/mol. The number of hydrogen-bond acceptors (Lipinski definition) is 1. The van der Waals surface area contributed by atoms with E-state index in [0.717, 1.165) is 17.7 Å². The van der Waals surface area contributed by atoms with Gasteiger partial charge in [-0.05, 0) is 25.0 Å². The largest absolute Gasteiger partial charge is 0.261 e. The van der Waals surface area contributed by atoms with Crippen LogP contribution in [0.2, 0.25) is 0 Å². The maximum Gasteiger partial charge on any atom is 0.0694 e. The zero-order chi connectivity index (χ0) is 12.1. The molecule has 0 heterocycles. The molecular formula is C14H23N. The third-order valence-corrected chi connectivity index (χ3v) is 1.52. The molecule has 84 valence electrons. The van der Waals surface area contributed by atoms with Crippen molar-refractivity contribution >= 4 is 6.21 Å². The predicted octanol–water partition coefficient (Wildman–Crippen LogP) is 4.70. The molecule has 0 aliphatic carbocycles. The molecule has 0 saturated heterocycles. The molecule has 0 unspecified atom stereocenters. The Kier molecular flexibility index (Phi) is 13.5. The Hall–Kier alpha value is -1.37. The minimum absolute atomic E-state index is 0.911. The second-order valence-corrected chi connectivity index (χ2v) is 2.46. The van der Waals surface area contributed by atoms with Gasteiger partial charge in [-0.1, -0.05) is 52.2 Å². The fraction of sp³-hybridized carbons (Fsp3) is 0.357. The molecule has 15 heavy (non-hydrogen) atoms. The molecule has 0 radical (unpaired) electrons. The molecule has 1 nitrogen and oxygen atoms in total. The number of rotatable bonds is 5. The Labute approximate surface area is 94.6 Å². The van der Waals surface area contributed by atoms with Crippen molar-refractivity contribution in [1.82, 2.24) is 0 Å². The maximum absolute atomic E-state index is 4.30. The maximum atomic E-state index is 4.30. The molecule has 0 atom stereocenters. The Morgan fingerprint density at radius 2 is 1.87 bits per heavy atom. The van der Waals surface area contributed by atoms with Gasteiger partial charge in [-0.25, -0.2) is 0 Å². The van der Waals surface area contributed by atoms with Crippen LogP contribution in [0.5, 0.6) is 0 Å². The van der Waals surface area contributed by atoms with Crippen LogP contribution in [0.15, 0.2) is 53.7 Å². The van der Waals surface area contributed by atoms with Gasteiger partial charge in [0.25, 0.3) is 0 Å². The van der Waals surface area contributed by atoms with E-state index in [1.165, 1.54) is 0 Å². The van der Waals surface area contributed by atoms with Crippen LogP contribution in [-0.2, 0) is 0 Å². The van der Waals surface area contributed by atoms with E-state index in [0.29, 0.717) is 0 Å². The second-order valence-electron chi connectivity index (χ2n) is 2.46. The van der Waals surface area contributed by atoms with Gasteiger partial charge < -0.3 is 0 Å². The minimum atomic E-state index is 0.911. The molecule has 0 fully saturated rings.